The molecule has 0 radical (unpaired) electrons. The topological polar surface area (TPSA) is 118 Å². The lowest BCUT2D eigenvalue weighted by Gasteiger charge is -2.49. The van der Waals surface area contributed by atoms with Crippen molar-refractivity contribution < 1.29 is 24.2 Å². The zero-order chi connectivity index (χ0) is 29.0. The molecule has 3 fully saturated rings. The molecule has 41 heavy (non-hydrogen) atoms. The van der Waals surface area contributed by atoms with Gasteiger partial charge in [0.15, 0.2) is 0 Å². The number of hydrogen-bond acceptors (Lipinski definition) is 6. The maximum atomic E-state index is 14.3. The van der Waals surface area contributed by atoms with E-state index in [1.54, 1.807) is 18.7 Å². The fourth-order valence-corrected chi connectivity index (χ4v) is 7.97. The van der Waals surface area contributed by atoms with Crippen LogP contribution in [0.15, 0.2) is 30.5 Å². The molecule has 1 aliphatic carbocycles. The highest BCUT2D eigenvalue weighted by Crippen LogP contribution is 2.49. The molecule has 6 atom stereocenters. The van der Waals surface area contributed by atoms with E-state index in [1.807, 2.05) is 33.0 Å². The van der Waals surface area contributed by atoms with Crippen LogP contribution in [-0.4, -0.2) is 92.4 Å². The zero-order valence-corrected chi connectivity index (χ0v) is 24.3. The average molecular weight is 562 g/mol. The summed E-state index contributed by atoms with van der Waals surface area (Å²) in [5, 5.41) is 16.2. The molecule has 4 aliphatic heterocycles. The summed E-state index contributed by atoms with van der Waals surface area (Å²) < 4.78 is 6.40. The molecule has 1 aromatic carbocycles. The van der Waals surface area contributed by atoms with E-state index >= 15 is 0 Å². The Hall–Kier alpha value is -3.21. The van der Waals surface area contributed by atoms with E-state index in [-0.39, 0.29) is 23.8 Å². The molecule has 5 aliphatic rings. The van der Waals surface area contributed by atoms with Crippen molar-refractivity contribution in [3.8, 4) is 0 Å². The van der Waals surface area contributed by atoms with Crippen LogP contribution in [0.4, 0.5) is 0 Å². The zero-order valence-electron chi connectivity index (χ0n) is 24.3. The van der Waals surface area contributed by atoms with Gasteiger partial charge in [-0.1, -0.05) is 45.9 Å². The molecule has 218 valence electrons. The molecule has 0 bridgehead atoms. The molecule has 7 rings (SSSR count). The number of likely N-dealkylation sites (N-methyl/N-ethyl adjacent to an activating group) is 1. The number of aromatic nitrogens is 1. The molecular formula is C31H39N5O5. The second kappa shape index (κ2) is 8.89. The number of carbonyl (C=O) groups is 3. The Balaban J connectivity index is 1.25. The second-order valence-electron chi connectivity index (χ2n) is 13.1. The number of fused-ring (bicyclic) bond motifs is 5. The van der Waals surface area contributed by atoms with E-state index in [1.165, 1.54) is 15.8 Å². The number of piperazine rings is 1. The first kappa shape index (κ1) is 26.7. The van der Waals surface area contributed by atoms with Crippen molar-refractivity contribution in [3.05, 3.63) is 41.6 Å². The smallest absolute Gasteiger partial charge is 0.281 e. The van der Waals surface area contributed by atoms with Crippen LogP contribution in [0.5, 0.6) is 0 Å². The molecule has 0 saturated carbocycles. The number of ether oxygens (including phenoxy) is 1. The van der Waals surface area contributed by atoms with Crippen molar-refractivity contribution in [1.82, 2.24) is 25.0 Å². The van der Waals surface area contributed by atoms with E-state index < -0.39 is 41.5 Å². The number of hydrogen-bond donors (Lipinski definition) is 3. The highest BCUT2D eigenvalue weighted by Gasteiger charge is 2.72. The summed E-state index contributed by atoms with van der Waals surface area (Å²) in [5.41, 5.74) is 2.78. The summed E-state index contributed by atoms with van der Waals surface area (Å²) in [6.45, 7) is 8.32. The predicted octanol–water partition coefficient (Wildman–Crippen LogP) is 2.04. The molecule has 0 unspecified atom stereocenters. The van der Waals surface area contributed by atoms with Gasteiger partial charge < -0.3 is 20.3 Å². The third-order valence-electron chi connectivity index (χ3n) is 10.1. The first-order chi connectivity index (χ1) is 19.5. The largest absolute Gasteiger partial charge is 0.361 e. The Morgan fingerprint density at radius 2 is 2.00 bits per heavy atom. The van der Waals surface area contributed by atoms with Gasteiger partial charge in [-0.25, -0.2) is 0 Å². The maximum absolute atomic E-state index is 14.3. The predicted molar refractivity (Wildman–Crippen MR) is 152 cm³/mol. The van der Waals surface area contributed by atoms with Gasteiger partial charge in [-0.3, -0.25) is 28.9 Å². The summed E-state index contributed by atoms with van der Waals surface area (Å²) in [5.74, 6) is -4.36. The van der Waals surface area contributed by atoms with Crippen LogP contribution in [-0.2, 0) is 25.5 Å². The van der Waals surface area contributed by atoms with Gasteiger partial charge in [0, 0.05) is 42.1 Å². The molecule has 0 spiro atoms. The summed E-state index contributed by atoms with van der Waals surface area (Å²) in [7, 11) is 2.03. The minimum atomic E-state index is -2.01. The van der Waals surface area contributed by atoms with Crippen LogP contribution in [0.2, 0.25) is 0 Å². The van der Waals surface area contributed by atoms with Crippen LogP contribution in [0, 0.1) is 17.8 Å². The van der Waals surface area contributed by atoms with Gasteiger partial charge in [-0.15, -0.1) is 0 Å². The molecule has 3 N–H and O–H groups in total. The lowest BCUT2D eigenvalue weighted by atomic mass is 9.79. The fourth-order valence-electron chi connectivity index (χ4n) is 7.97. The molecule has 3 saturated heterocycles. The lowest BCUT2D eigenvalue weighted by Crippen LogP contribution is -2.72. The third-order valence-corrected chi connectivity index (χ3v) is 10.1. The van der Waals surface area contributed by atoms with Gasteiger partial charge in [0.2, 0.25) is 17.5 Å². The molecule has 10 heteroatoms. The molecule has 3 amide bonds. The highest BCUT2D eigenvalue weighted by molar-refractivity contribution is 6.01. The highest BCUT2D eigenvalue weighted by atomic mass is 16.7. The van der Waals surface area contributed by atoms with Crippen molar-refractivity contribution in [2.45, 2.75) is 76.7 Å². The summed E-state index contributed by atoms with van der Waals surface area (Å²) in [4.78, 5) is 50.4. The summed E-state index contributed by atoms with van der Waals surface area (Å²) in [6, 6.07) is 4.80. The fraction of sp³-hybridized carbons (Fsp3) is 0.581. The van der Waals surface area contributed by atoms with Crippen LogP contribution in [0.25, 0.3) is 16.5 Å². The van der Waals surface area contributed by atoms with Gasteiger partial charge in [0.1, 0.15) is 12.1 Å². The maximum Gasteiger partial charge on any atom is 0.281 e. The van der Waals surface area contributed by atoms with E-state index in [0.29, 0.717) is 25.9 Å². The Labute approximate surface area is 239 Å². The number of nitrogens with one attached hydrogen (secondary N) is 2. The second-order valence-corrected chi connectivity index (χ2v) is 13.1. The van der Waals surface area contributed by atoms with Crippen LogP contribution >= 0.6 is 0 Å². The Bertz CT molecular complexity index is 1500. The Kier molecular flexibility index (Phi) is 5.79. The number of H-pyrrole nitrogens is 1. The molecule has 10 nitrogen and oxygen atoms in total. The molecular weight excluding hydrogens is 522 g/mol. The van der Waals surface area contributed by atoms with Crippen molar-refractivity contribution in [1.29, 1.82) is 0 Å². The van der Waals surface area contributed by atoms with Crippen LogP contribution in [0.1, 0.15) is 51.7 Å². The van der Waals surface area contributed by atoms with E-state index in [4.69, 9.17) is 4.74 Å². The molecule has 2 aromatic rings. The molecule has 1 aromatic heterocycles. The van der Waals surface area contributed by atoms with Crippen molar-refractivity contribution in [2.24, 2.45) is 17.8 Å². The number of aromatic amines is 1. The minimum absolute atomic E-state index is 0.150. The Morgan fingerprint density at radius 1 is 1.22 bits per heavy atom. The standard InChI is InChI=1S/C31H39N5O5/c1-16(2)26-28(38)35-11-7-10-24(35)31(40)36(26)29(39)30(41-31,17(3)4)33-27(37)19-12-21-20-8-6-9-22-25(20)18(14-32-22)13-23(21)34(5)15-19/h6,8-9,12,14,16-17,19,23-24,26,32,40H,7,10-11,13,15H2,1-5H3,(H,33,37)/t19-,23-,24+,26+,30-,31-/m0/s1. The summed E-state index contributed by atoms with van der Waals surface area (Å²) in [6.07, 6.45) is 6.21. The van der Waals surface area contributed by atoms with Gasteiger partial charge in [0.25, 0.3) is 11.8 Å². The third kappa shape index (κ3) is 3.50. The number of nitrogens with zero attached hydrogens (tertiary/aromatic N) is 3. The number of amides is 3. The van der Waals surface area contributed by atoms with Gasteiger partial charge >= 0.3 is 0 Å². The average Bonchev–Trinajstić information content (AvgIpc) is 3.64. The van der Waals surface area contributed by atoms with Crippen molar-refractivity contribution >= 4 is 34.2 Å². The van der Waals surface area contributed by atoms with Crippen molar-refractivity contribution in [3.63, 3.8) is 0 Å². The first-order valence-corrected chi connectivity index (χ1v) is 14.9. The quantitative estimate of drug-likeness (QED) is 0.526. The van der Waals surface area contributed by atoms with Gasteiger partial charge in [-0.05, 0) is 55.0 Å². The minimum Gasteiger partial charge on any atom is -0.361 e. The van der Waals surface area contributed by atoms with E-state index in [2.05, 4.69) is 33.5 Å². The number of carbonyl (C=O) groups excluding carboxylic acids is 3. The van der Waals surface area contributed by atoms with Gasteiger partial charge in [0.05, 0.1) is 5.92 Å². The van der Waals surface area contributed by atoms with Crippen molar-refractivity contribution in [2.75, 3.05) is 20.1 Å². The van der Waals surface area contributed by atoms with Crippen LogP contribution < -0.4 is 5.32 Å². The number of aliphatic hydroxyl groups is 1. The van der Waals surface area contributed by atoms with Gasteiger partial charge in [-0.2, -0.15) is 0 Å². The molecule has 5 heterocycles. The lowest BCUT2D eigenvalue weighted by molar-refractivity contribution is -0.323. The normalized spacial score (nSPS) is 34.8. The summed E-state index contributed by atoms with van der Waals surface area (Å²) >= 11 is 0. The number of benzene rings is 1. The first-order valence-electron chi connectivity index (χ1n) is 14.9. The van der Waals surface area contributed by atoms with E-state index in [9.17, 15) is 19.5 Å². The SMILES string of the molecule is CC(C)[C@@H]1C(=O)N2CCC[C@@H]2[C@]2(O)O[C@@](NC(=O)[C@H]3C=C4c5cccc6[nH]cc(c56)C[C@@H]4N(C)C3)(C(C)C)C(=O)N12. The van der Waals surface area contributed by atoms with E-state index in [0.717, 1.165) is 23.1 Å². The van der Waals surface area contributed by atoms with Crippen LogP contribution in [0.3, 0.4) is 0 Å². The monoisotopic (exact) mass is 561 g/mol. The number of rotatable bonds is 4. The Morgan fingerprint density at radius 3 is 2.73 bits per heavy atom.